The topological polar surface area (TPSA) is 128 Å². The molecular formula is C17H13N3O7S3. The van der Waals surface area contributed by atoms with Crippen molar-refractivity contribution in [1.29, 1.82) is 0 Å². The third-order valence-corrected chi connectivity index (χ3v) is 6.39. The first kappa shape index (κ1) is 21.7. The molecule has 0 N–H and O–H groups in total. The lowest BCUT2D eigenvalue weighted by Crippen LogP contribution is -2.22. The van der Waals surface area contributed by atoms with Crippen molar-refractivity contribution in [2.75, 3.05) is 12.9 Å². The lowest BCUT2D eigenvalue weighted by Gasteiger charge is -2.12. The van der Waals surface area contributed by atoms with Crippen LogP contribution in [-0.2, 0) is 14.9 Å². The number of carbonyl (C=O) groups is 1. The van der Waals surface area contributed by atoms with E-state index in [4.69, 9.17) is 21.1 Å². The van der Waals surface area contributed by atoms with Crippen molar-refractivity contribution < 1.29 is 27.1 Å². The van der Waals surface area contributed by atoms with E-state index >= 15 is 0 Å². The summed E-state index contributed by atoms with van der Waals surface area (Å²) in [5.41, 5.74) is -0.126. The monoisotopic (exact) mass is 467 g/mol. The van der Waals surface area contributed by atoms with E-state index in [2.05, 4.69) is 5.10 Å². The maximum atomic E-state index is 12.6. The van der Waals surface area contributed by atoms with Gasteiger partial charge in [-0.15, -0.1) is 0 Å². The summed E-state index contributed by atoms with van der Waals surface area (Å²) in [5.74, 6) is -0.152. The molecule has 2 aromatic rings. The molecule has 0 atom stereocenters. The fraction of sp³-hybridized carbons (Fsp3) is 0.118. The average molecular weight is 468 g/mol. The van der Waals surface area contributed by atoms with Crippen LogP contribution in [0.5, 0.6) is 11.5 Å². The molecule has 0 bridgehead atoms. The number of nitro benzene ring substituents is 1. The zero-order chi connectivity index (χ0) is 21.9. The normalized spacial score (nSPS) is 14.4. The maximum Gasteiger partial charge on any atom is 0.346 e. The van der Waals surface area contributed by atoms with Crippen LogP contribution in [0, 0.1) is 10.1 Å². The molecule has 3 rings (SSSR count). The van der Waals surface area contributed by atoms with Crippen LogP contribution >= 0.6 is 24.0 Å². The summed E-state index contributed by atoms with van der Waals surface area (Å²) in [6.45, 7) is 0. The van der Waals surface area contributed by atoms with Gasteiger partial charge in [0, 0.05) is 6.07 Å². The lowest BCUT2D eigenvalue weighted by atomic mass is 10.2. The van der Waals surface area contributed by atoms with Gasteiger partial charge in [0.05, 0.1) is 24.0 Å². The van der Waals surface area contributed by atoms with Crippen LogP contribution in [0.3, 0.4) is 0 Å². The molecule has 1 fully saturated rings. The maximum absolute atomic E-state index is 12.6. The first-order valence-electron chi connectivity index (χ1n) is 8.12. The number of thioether (sulfide) groups is 1. The van der Waals surface area contributed by atoms with Gasteiger partial charge in [0.15, 0.2) is 20.7 Å². The lowest BCUT2D eigenvalue weighted by molar-refractivity contribution is -0.387. The van der Waals surface area contributed by atoms with Crippen molar-refractivity contribution in [1.82, 2.24) is 5.01 Å². The first-order chi connectivity index (χ1) is 14.2. The summed E-state index contributed by atoms with van der Waals surface area (Å²) >= 11 is 6.23. The third-order valence-electron chi connectivity index (χ3n) is 3.77. The van der Waals surface area contributed by atoms with E-state index in [9.17, 15) is 23.3 Å². The van der Waals surface area contributed by atoms with E-state index < -0.39 is 25.6 Å². The van der Waals surface area contributed by atoms with Crippen molar-refractivity contribution in [2.24, 2.45) is 5.10 Å². The summed E-state index contributed by atoms with van der Waals surface area (Å²) in [4.78, 5) is 21.4. The number of methoxy groups -OCH3 is 1. The van der Waals surface area contributed by atoms with Crippen LogP contribution < -0.4 is 8.92 Å². The van der Waals surface area contributed by atoms with Gasteiger partial charge in [0.1, 0.15) is 0 Å². The van der Waals surface area contributed by atoms with Crippen LogP contribution in [0.4, 0.5) is 5.69 Å². The molecule has 2 aromatic carbocycles. The highest BCUT2D eigenvalue weighted by Gasteiger charge is 2.28. The van der Waals surface area contributed by atoms with E-state index in [-0.39, 0.29) is 23.2 Å². The molecule has 0 spiro atoms. The molecule has 1 saturated heterocycles. The van der Waals surface area contributed by atoms with E-state index in [1.54, 1.807) is 0 Å². The third kappa shape index (κ3) is 4.58. The zero-order valence-electron chi connectivity index (χ0n) is 15.3. The standard InChI is InChI=1S/C17H13N3O7S3/c1-26-14-8-11(9-18-19-16(21)10-29-17(19)28)6-7-13(14)27-30(24,25)15-5-3-2-4-12(15)20(22)23/h2-9H,10H2,1H3/b18-9-. The average Bonchev–Trinajstić information content (AvgIpc) is 3.04. The second-order valence-electron chi connectivity index (χ2n) is 5.68. The van der Waals surface area contributed by atoms with Gasteiger partial charge in [0.2, 0.25) is 0 Å². The number of rotatable bonds is 7. The van der Waals surface area contributed by atoms with Crippen molar-refractivity contribution in [3.05, 3.63) is 58.1 Å². The van der Waals surface area contributed by atoms with Gasteiger partial charge in [-0.1, -0.05) is 36.1 Å². The Labute approximate surface area is 180 Å². The fourth-order valence-corrected chi connectivity index (χ4v) is 4.47. The van der Waals surface area contributed by atoms with E-state index in [1.807, 2.05) is 0 Å². The molecule has 0 aliphatic carbocycles. The summed E-state index contributed by atoms with van der Waals surface area (Å²) in [5, 5.41) is 16.2. The fourth-order valence-electron chi connectivity index (χ4n) is 2.40. The van der Waals surface area contributed by atoms with Crippen LogP contribution in [-0.4, -0.2) is 47.7 Å². The molecule has 1 aliphatic heterocycles. The number of ether oxygens (including phenoxy) is 1. The molecule has 0 radical (unpaired) electrons. The van der Waals surface area contributed by atoms with E-state index in [0.717, 1.165) is 17.1 Å². The minimum atomic E-state index is -4.50. The second-order valence-corrected chi connectivity index (χ2v) is 8.80. The number of hydrazone groups is 1. The Morgan fingerprint density at radius 2 is 2.00 bits per heavy atom. The summed E-state index contributed by atoms with van der Waals surface area (Å²) in [7, 11) is -3.20. The predicted octanol–water partition coefficient (Wildman–Crippen LogP) is 2.57. The van der Waals surface area contributed by atoms with Gasteiger partial charge in [-0.3, -0.25) is 14.9 Å². The number of nitro groups is 1. The molecule has 1 aliphatic rings. The SMILES string of the molecule is COc1cc(/C=N\N2C(=O)CSC2=S)ccc1OS(=O)(=O)c1ccccc1[N+](=O)[O-]. The Kier molecular flexibility index (Phi) is 6.34. The molecule has 13 heteroatoms. The smallest absolute Gasteiger partial charge is 0.346 e. The number of para-hydroxylation sites is 1. The highest BCUT2D eigenvalue weighted by Crippen LogP contribution is 2.32. The number of carbonyl (C=O) groups excluding carboxylic acids is 1. The highest BCUT2D eigenvalue weighted by molar-refractivity contribution is 8.23. The molecule has 0 unspecified atom stereocenters. The summed E-state index contributed by atoms with van der Waals surface area (Å²) in [6.07, 6.45) is 1.36. The summed E-state index contributed by atoms with van der Waals surface area (Å²) in [6, 6.07) is 9.07. The Balaban J connectivity index is 1.88. The molecule has 156 valence electrons. The Morgan fingerprint density at radius 3 is 2.63 bits per heavy atom. The second kappa shape index (κ2) is 8.77. The van der Waals surface area contributed by atoms with Gasteiger partial charge < -0.3 is 8.92 Å². The van der Waals surface area contributed by atoms with Crippen molar-refractivity contribution in [2.45, 2.75) is 4.90 Å². The molecule has 0 aromatic heterocycles. The van der Waals surface area contributed by atoms with E-state index in [1.165, 1.54) is 55.4 Å². The van der Waals surface area contributed by atoms with Gasteiger partial charge in [-0.2, -0.15) is 18.5 Å². The number of nitrogens with zero attached hydrogens (tertiary/aromatic N) is 3. The zero-order valence-corrected chi connectivity index (χ0v) is 17.7. The quantitative estimate of drug-likeness (QED) is 0.198. The van der Waals surface area contributed by atoms with Crippen molar-refractivity contribution >= 4 is 56.2 Å². The van der Waals surface area contributed by atoms with Crippen LogP contribution in [0.1, 0.15) is 5.56 Å². The minimum absolute atomic E-state index is 0.0470. The summed E-state index contributed by atoms with van der Waals surface area (Å²) < 4.78 is 35.7. The number of amides is 1. The minimum Gasteiger partial charge on any atom is -0.493 e. The Morgan fingerprint density at radius 1 is 1.27 bits per heavy atom. The Hall–Kier alpha value is -3.03. The van der Waals surface area contributed by atoms with Crippen LogP contribution in [0.2, 0.25) is 0 Å². The van der Waals surface area contributed by atoms with E-state index in [0.29, 0.717) is 9.88 Å². The number of hydrogen-bond donors (Lipinski definition) is 0. The molecule has 1 amide bonds. The van der Waals surface area contributed by atoms with Crippen LogP contribution in [0.15, 0.2) is 52.5 Å². The number of thiocarbonyl (C=S) groups is 1. The largest absolute Gasteiger partial charge is 0.493 e. The van der Waals surface area contributed by atoms with Crippen molar-refractivity contribution in [3.63, 3.8) is 0 Å². The van der Waals surface area contributed by atoms with Gasteiger partial charge in [-0.25, -0.2) is 0 Å². The molecule has 30 heavy (non-hydrogen) atoms. The van der Waals surface area contributed by atoms with Gasteiger partial charge >= 0.3 is 10.1 Å². The first-order valence-corrected chi connectivity index (χ1v) is 10.9. The van der Waals surface area contributed by atoms with Crippen molar-refractivity contribution in [3.8, 4) is 11.5 Å². The molecular weight excluding hydrogens is 454 g/mol. The molecule has 0 saturated carbocycles. The van der Waals surface area contributed by atoms with Crippen LogP contribution in [0.25, 0.3) is 0 Å². The number of hydrogen-bond acceptors (Lipinski definition) is 10. The number of benzene rings is 2. The Bertz CT molecular complexity index is 1150. The molecule has 10 nitrogen and oxygen atoms in total. The highest BCUT2D eigenvalue weighted by atomic mass is 32.2. The predicted molar refractivity (Wildman–Crippen MR) is 113 cm³/mol. The van der Waals surface area contributed by atoms with Gasteiger partial charge in [0.25, 0.3) is 11.6 Å². The van der Waals surface area contributed by atoms with Gasteiger partial charge in [-0.05, 0) is 29.8 Å². The molecule has 1 heterocycles.